The molecule has 0 bridgehead atoms. The van der Waals surface area contributed by atoms with Crippen molar-refractivity contribution in [3.63, 3.8) is 0 Å². The third kappa shape index (κ3) is 2.32. The van der Waals surface area contributed by atoms with Gasteiger partial charge in [-0.1, -0.05) is 0 Å². The lowest BCUT2D eigenvalue weighted by Gasteiger charge is -2.31. The maximum Gasteiger partial charge on any atom is 0.274 e. The van der Waals surface area contributed by atoms with Crippen LogP contribution in [0.5, 0.6) is 0 Å². The highest BCUT2D eigenvalue weighted by Gasteiger charge is 2.26. The molecule has 0 unspecified atom stereocenters. The highest BCUT2D eigenvalue weighted by Crippen LogP contribution is 2.07. The van der Waals surface area contributed by atoms with Crippen LogP contribution in [0, 0.1) is 0 Å². The molecule has 17 heavy (non-hydrogen) atoms. The van der Waals surface area contributed by atoms with Gasteiger partial charge in [-0.15, -0.1) is 0 Å². The number of hydrogen-bond acceptors (Lipinski definition) is 5. The molecule has 0 aromatic carbocycles. The number of nitrogens with zero attached hydrogens (tertiary/aromatic N) is 4. The van der Waals surface area contributed by atoms with Crippen LogP contribution >= 0.6 is 0 Å². The lowest BCUT2D eigenvalue weighted by atomic mass is 10.3. The molecule has 7 heteroatoms. The summed E-state index contributed by atoms with van der Waals surface area (Å²) in [6, 6.07) is 0. The van der Waals surface area contributed by atoms with Crippen molar-refractivity contribution in [1.29, 1.82) is 0 Å². The zero-order chi connectivity index (χ0) is 12.4. The second-order valence-electron chi connectivity index (χ2n) is 3.87. The minimum absolute atomic E-state index is 0.0752. The molecule has 0 spiro atoms. The van der Waals surface area contributed by atoms with Crippen LogP contribution < -0.4 is 5.73 Å². The maximum atomic E-state index is 12.0. The molecular formula is C10H13N5O2. The Bertz CT molecular complexity index is 462. The lowest BCUT2D eigenvalue weighted by molar-refractivity contribution is -0.133. The SMILES string of the molecule is CN1CCN(C(=O)c2cncc(N)n2)CC1=O. The van der Waals surface area contributed by atoms with E-state index in [0.717, 1.165) is 0 Å². The van der Waals surface area contributed by atoms with E-state index in [4.69, 9.17) is 5.73 Å². The zero-order valence-corrected chi connectivity index (χ0v) is 9.46. The van der Waals surface area contributed by atoms with Gasteiger partial charge in [-0.3, -0.25) is 14.6 Å². The van der Waals surface area contributed by atoms with Gasteiger partial charge in [0.05, 0.1) is 12.4 Å². The van der Waals surface area contributed by atoms with Gasteiger partial charge < -0.3 is 15.5 Å². The van der Waals surface area contributed by atoms with Gasteiger partial charge in [0.15, 0.2) is 0 Å². The number of aromatic nitrogens is 2. The summed E-state index contributed by atoms with van der Waals surface area (Å²) < 4.78 is 0. The van der Waals surface area contributed by atoms with Crippen LogP contribution in [-0.2, 0) is 4.79 Å². The smallest absolute Gasteiger partial charge is 0.274 e. The van der Waals surface area contributed by atoms with E-state index in [1.165, 1.54) is 17.3 Å². The van der Waals surface area contributed by atoms with Crippen LogP contribution in [0.15, 0.2) is 12.4 Å². The fourth-order valence-corrected chi connectivity index (χ4v) is 1.58. The molecule has 1 aromatic heterocycles. The number of carbonyl (C=O) groups is 2. The summed E-state index contributed by atoms with van der Waals surface area (Å²) in [5, 5.41) is 0. The summed E-state index contributed by atoms with van der Waals surface area (Å²) in [4.78, 5) is 34.2. The molecule has 7 nitrogen and oxygen atoms in total. The van der Waals surface area contributed by atoms with E-state index in [1.54, 1.807) is 11.9 Å². The highest BCUT2D eigenvalue weighted by atomic mass is 16.2. The first kappa shape index (κ1) is 11.3. The molecule has 2 N–H and O–H groups in total. The van der Waals surface area contributed by atoms with Crippen molar-refractivity contribution in [3.8, 4) is 0 Å². The standard InChI is InChI=1S/C10H13N5O2/c1-14-2-3-15(6-9(14)16)10(17)7-4-12-5-8(11)13-7/h4-5H,2-3,6H2,1H3,(H2,11,13). The van der Waals surface area contributed by atoms with Gasteiger partial charge in [-0.2, -0.15) is 0 Å². The second-order valence-corrected chi connectivity index (χ2v) is 3.87. The molecule has 0 atom stereocenters. The third-order valence-corrected chi connectivity index (χ3v) is 2.62. The van der Waals surface area contributed by atoms with Gasteiger partial charge in [0.25, 0.3) is 5.91 Å². The Balaban J connectivity index is 2.13. The highest BCUT2D eigenvalue weighted by molar-refractivity contribution is 5.95. The monoisotopic (exact) mass is 235 g/mol. The molecule has 1 saturated heterocycles. The summed E-state index contributed by atoms with van der Waals surface area (Å²) in [6.45, 7) is 1.10. The predicted molar refractivity (Wildman–Crippen MR) is 60.0 cm³/mol. The number of anilines is 1. The molecule has 2 heterocycles. The van der Waals surface area contributed by atoms with E-state index in [0.29, 0.717) is 13.1 Å². The number of amides is 2. The van der Waals surface area contributed by atoms with Crippen molar-refractivity contribution in [2.45, 2.75) is 0 Å². The summed E-state index contributed by atoms with van der Waals surface area (Å²) in [7, 11) is 1.71. The largest absolute Gasteiger partial charge is 0.382 e. The van der Waals surface area contributed by atoms with E-state index in [-0.39, 0.29) is 29.9 Å². The summed E-state index contributed by atoms with van der Waals surface area (Å²) in [6.07, 6.45) is 2.72. The normalized spacial score (nSPS) is 16.2. The molecule has 0 saturated carbocycles. The average Bonchev–Trinajstić information content (AvgIpc) is 2.32. The fourth-order valence-electron chi connectivity index (χ4n) is 1.58. The first-order valence-corrected chi connectivity index (χ1v) is 5.18. The Kier molecular flexibility index (Phi) is 2.90. The van der Waals surface area contributed by atoms with Crippen LogP contribution in [-0.4, -0.2) is 58.3 Å². The number of nitrogens with two attached hydrogens (primary N) is 1. The van der Waals surface area contributed by atoms with E-state index in [9.17, 15) is 9.59 Å². The lowest BCUT2D eigenvalue weighted by Crippen LogP contribution is -2.50. The molecule has 2 rings (SSSR count). The van der Waals surface area contributed by atoms with E-state index in [2.05, 4.69) is 9.97 Å². The summed E-state index contributed by atoms with van der Waals surface area (Å²) in [5.41, 5.74) is 5.62. The van der Waals surface area contributed by atoms with Gasteiger partial charge in [-0.25, -0.2) is 4.98 Å². The Morgan fingerprint density at radius 2 is 2.18 bits per heavy atom. The Labute approximate surface area is 98.2 Å². The number of piperazine rings is 1. The molecule has 90 valence electrons. The predicted octanol–water partition coefficient (Wildman–Crippen LogP) is -1.03. The zero-order valence-electron chi connectivity index (χ0n) is 9.46. The number of hydrogen-bond donors (Lipinski definition) is 1. The van der Waals surface area contributed by atoms with Crippen LogP contribution in [0.25, 0.3) is 0 Å². The number of rotatable bonds is 1. The van der Waals surface area contributed by atoms with Crippen LogP contribution in [0.4, 0.5) is 5.82 Å². The van der Waals surface area contributed by atoms with E-state index >= 15 is 0 Å². The van der Waals surface area contributed by atoms with Crippen molar-refractivity contribution in [2.75, 3.05) is 32.4 Å². The summed E-state index contributed by atoms with van der Waals surface area (Å²) >= 11 is 0. The van der Waals surface area contributed by atoms with Crippen molar-refractivity contribution in [3.05, 3.63) is 18.1 Å². The quantitative estimate of drug-likeness (QED) is 0.672. The van der Waals surface area contributed by atoms with Crippen molar-refractivity contribution in [1.82, 2.24) is 19.8 Å². The van der Waals surface area contributed by atoms with Crippen molar-refractivity contribution >= 4 is 17.6 Å². The average molecular weight is 235 g/mol. The Morgan fingerprint density at radius 1 is 1.41 bits per heavy atom. The van der Waals surface area contributed by atoms with Gasteiger partial charge in [0.1, 0.15) is 18.1 Å². The van der Waals surface area contributed by atoms with Crippen LogP contribution in [0.3, 0.4) is 0 Å². The number of likely N-dealkylation sites (N-methyl/N-ethyl adjacent to an activating group) is 1. The van der Waals surface area contributed by atoms with Gasteiger partial charge in [0, 0.05) is 20.1 Å². The van der Waals surface area contributed by atoms with Gasteiger partial charge in [-0.05, 0) is 0 Å². The number of carbonyl (C=O) groups excluding carboxylic acids is 2. The van der Waals surface area contributed by atoms with Crippen LogP contribution in [0.1, 0.15) is 10.5 Å². The van der Waals surface area contributed by atoms with E-state index < -0.39 is 0 Å². The minimum Gasteiger partial charge on any atom is -0.382 e. The second kappa shape index (κ2) is 4.36. The molecule has 0 radical (unpaired) electrons. The third-order valence-electron chi connectivity index (χ3n) is 2.62. The number of nitrogen functional groups attached to an aromatic ring is 1. The fraction of sp³-hybridized carbons (Fsp3) is 0.400. The summed E-state index contributed by atoms with van der Waals surface area (Å²) in [5.74, 6) is -0.205. The topological polar surface area (TPSA) is 92.4 Å². The van der Waals surface area contributed by atoms with E-state index in [1.807, 2.05) is 0 Å². The first-order chi connectivity index (χ1) is 8.08. The molecule has 1 aromatic rings. The molecule has 1 fully saturated rings. The van der Waals surface area contributed by atoms with Gasteiger partial charge >= 0.3 is 0 Å². The van der Waals surface area contributed by atoms with Crippen molar-refractivity contribution < 1.29 is 9.59 Å². The van der Waals surface area contributed by atoms with Crippen molar-refractivity contribution in [2.24, 2.45) is 0 Å². The molecule has 2 amide bonds. The Hall–Kier alpha value is -2.18. The molecular weight excluding hydrogens is 222 g/mol. The molecule has 1 aliphatic heterocycles. The van der Waals surface area contributed by atoms with Gasteiger partial charge in [0.2, 0.25) is 5.91 Å². The van der Waals surface area contributed by atoms with Crippen LogP contribution in [0.2, 0.25) is 0 Å². The first-order valence-electron chi connectivity index (χ1n) is 5.18. The maximum absolute atomic E-state index is 12.0. The molecule has 0 aliphatic carbocycles. The molecule has 1 aliphatic rings. The minimum atomic E-state index is -0.314. The Morgan fingerprint density at radius 3 is 2.82 bits per heavy atom.